The summed E-state index contributed by atoms with van der Waals surface area (Å²) in [6.45, 7) is 0.386. The van der Waals surface area contributed by atoms with Crippen LogP contribution in [0.15, 0.2) is 101 Å². The summed E-state index contributed by atoms with van der Waals surface area (Å²) < 4.78 is 0. The Kier molecular flexibility index (Phi) is 6.18. The quantitative estimate of drug-likeness (QED) is 0.291. The average Bonchev–Trinajstić information content (AvgIpc) is 3.15. The van der Waals surface area contributed by atoms with Gasteiger partial charge >= 0.3 is 0 Å². The van der Waals surface area contributed by atoms with Crippen molar-refractivity contribution in [2.24, 2.45) is 4.99 Å². The molecule has 0 radical (unpaired) electrons. The van der Waals surface area contributed by atoms with E-state index in [-0.39, 0.29) is 5.91 Å². The Morgan fingerprint density at radius 2 is 1.68 bits per heavy atom. The number of carbonyl (C=O) groups excluding carboxylic acids is 1. The zero-order valence-electron chi connectivity index (χ0n) is 18.0. The summed E-state index contributed by atoms with van der Waals surface area (Å²) in [4.78, 5) is 20.7. The van der Waals surface area contributed by atoms with Crippen LogP contribution in [0.4, 0.5) is 5.69 Å². The van der Waals surface area contributed by atoms with Gasteiger partial charge in [0.1, 0.15) is 0 Å². The van der Waals surface area contributed by atoms with Gasteiger partial charge in [-0.05, 0) is 64.7 Å². The zero-order valence-corrected chi connectivity index (χ0v) is 19.6. The maximum Gasteiger partial charge on any atom is 0.267 e. The number of hydrogen-bond acceptors (Lipinski definition) is 4. The predicted octanol–water partition coefficient (Wildman–Crippen LogP) is 7.17. The van der Waals surface area contributed by atoms with E-state index in [4.69, 9.17) is 21.9 Å². The molecule has 1 aliphatic heterocycles. The minimum atomic E-state index is -0.108. The van der Waals surface area contributed by atoms with Crippen LogP contribution >= 0.6 is 23.4 Å². The minimum absolute atomic E-state index is 0.108. The van der Waals surface area contributed by atoms with Crippen LogP contribution < -0.4 is 0 Å². The van der Waals surface area contributed by atoms with Crippen LogP contribution in [0.25, 0.3) is 16.8 Å². The van der Waals surface area contributed by atoms with Crippen molar-refractivity contribution >= 4 is 57.0 Å². The van der Waals surface area contributed by atoms with E-state index >= 15 is 0 Å². The fourth-order valence-electron chi connectivity index (χ4n) is 3.72. The summed E-state index contributed by atoms with van der Waals surface area (Å²) in [7, 11) is 0. The van der Waals surface area contributed by atoms with Crippen LogP contribution in [0, 0.1) is 11.3 Å². The molecule has 0 unspecified atom stereocenters. The third kappa shape index (κ3) is 4.60. The lowest BCUT2D eigenvalue weighted by atomic mass is 10.1. The number of nitrogens with zero attached hydrogens (tertiary/aromatic N) is 3. The van der Waals surface area contributed by atoms with E-state index in [0.29, 0.717) is 27.2 Å². The van der Waals surface area contributed by atoms with Gasteiger partial charge in [-0.3, -0.25) is 9.69 Å². The van der Waals surface area contributed by atoms with E-state index in [9.17, 15) is 4.79 Å². The van der Waals surface area contributed by atoms with Gasteiger partial charge in [-0.25, -0.2) is 4.99 Å². The monoisotopic (exact) mass is 479 g/mol. The summed E-state index contributed by atoms with van der Waals surface area (Å²) in [5, 5.41) is 12.4. The first-order valence-corrected chi connectivity index (χ1v) is 11.8. The van der Waals surface area contributed by atoms with Crippen LogP contribution in [0.1, 0.15) is 16.7 Å². The molecule has 0 bridgehead atoms. The number of aliphatic imine (C=N–C) groups is 1. The molecule has 1 saturated heterocycles. The smallest absolute Gasteiger partial charge is 0.267 e. The fraction of sp³-hybridized carbons (Fsp3) is 0.0357. The first-order valence-electron chi connectivity index (χ1n) is 10.6. The molecule has 0 aromatic heterocycles. The third-order valence-corrected chi connectivity index (χ3v) is 6.72. The standard InChI is InChI=1S/C28H18ClN3OS/c29-23-14-12-21(13-15-23)18-32-27(33)26(16-19-8-10-20(17-30)11-9-19)34-28(32)31-25-7-3-5-22-4-1-2-6-24(22)25/h1-16H,18H2. The van der Waals surface area contributed by atoms with Crippen molar-refractivity contribution in [3.8, 4) is 6.07 Å². The number of hydrogen-bond donors (Lipinski definition) is 0. The molecule has 34 heavy (non-hydrogen) atoms. The van der Waals surface area contributed by atoms with Crippen LogP contribution in [-0.2, 0) is 11.3 Å². The van der Waals surface area contributed by atoms with Crippen molar-refractivity contribution in [3.63, 3.8) is 0 Å². The number of halogens is 1. The van der Waals surface area contributed by atoms with E-state index in [1.807, 2.05) is 84.9 Å². The van der Waals surface area contributed by atoms with Crippen molar-refractivity contribution < 1.29 is 4.79 Å². The second-order valence-electron chi connectivity index (χ2n) is 7.75. The molecule has 4 nitrogen and oxygen atoms in total. The fourth-order valence-corrected chi connectivity index (χ4v) is 4.83. The van der Waals surface area contributed by atoms with E-state index in [2.05, 4.69) is 6.07 Å². The Labute approximate surface area is 206 Å². The number of benzene rings is 4. The molecule has 6 heteroatoms. The molecular formula is C28H18ClN3OS. The Morgan fingerprint density at radius 1 is 0.941 bits per heavy atom. The maximum absolute atomic E-state index is 13.4. The Balaban J connectivity index is 1.55. The first kappa shape index (κ1) is 22.0. The van der Waals surface area contributed by atoms with E-state index < -0.39 is 0 Å². The van der Waals surface area contributed by atoms with Crippen LogP contribution in [-0.4, -0.2) is 16.0 Å². The van der Waals surface area contributed by atoms with Crippen LogP contribution in [0.3, 0.4) is 0 Å². The van der Waals surface area contributed by atoms with Crippen LogP contribution in [0.5, 0.6) is 0 Å². The molecule has 0 saturated carbocycles. The summed E-state index contributed by atoms with van der Waals surface area (Å²) in [6.07, 6.45) is 1.84. The highest BCUT2D eigenvalue weighted by Crippen LogP contribution is 2.36. The average molecular weight is 480 g/mol. The molecule has 1 fully saturated rings. The maximum atomic E-state index is 13.4. The summed E-state index contributed by atoms with van der Waals surface area (Å²) in [5.41, 5.74) is 3.21. The van der Waals surface area contributed by atoms with Crippen molar-refractivity contribution in [2.75, 3.05) is 0 Å². The largest absolute Gasteiger partial charge is 0.282 e. The van der Waals surface area contributed by atoms with Crippen molar-refractivity contribution in [3.05, 3.63) is 118 Å². The number of nitriles is 1. The summed E-state index contributed by atoms with van der Waals surface area (Å²) in [5.74, 6) is -0.108. The lowest BCUT2D eigenvalue weighted by molar-refractivity contribution is -0.122. The molecule has 0 N–H and O–H groups in total. The molecule has 1 amide bonds. The number of fused-ring (bicyclic) bond motifs is 1. The molecule has 1 heterocycles. The van der Waals surface area contributed by atoms with Crippen molar-refractivity contribution in [1.82, 2.24) is 4.90 Å². The van der Waals surface area contributed by atoms with E-state index in [1.165, 1.54) is 11.8 Å². The molecule has 0 spiro atoms. The summed E-state index contributed by atoms with van der Waals surface area (Å²) >= 11 is 7.40. The molecular weight excluding hydrogens is 462 g/mol. The molecule has 4 aromatic carbocycles. The van der Waals surface area contributed by atoms with Crippen LogP contribution in [0.2, 0.25) is 5.02 Å². The molecule has 5 rings (SSSR count). The van der Waals surface area contributed by atoms with E-state index in [0.717, 1.165) is 27.6 Å². The number of rotatable bonds is 4. The lowest BCUT2D eigenvalue weighted by Gasteiger charge is -2.16. The molecule has 0 aliphatic carbocycles. The number of amidine groups is 1. The third-order valence-electron chi connectivity index (χ3n) is 5.46. The molecule has 1 aliphatic rings. The molecule has 0 atom stereocenters. The van der Waals surface area contributed by atoms with Gasteiger partial charge in [-0.1, -0.05) is 72.3 Å². The van der Waals surface area contributed by atoms with Crippen molar-refractivity contribution in [1.29, 1.82) is 5.26 Å². The number of amides is 1. The number of carbonyl (C=O) groups is 1. The first-order chi connectivity index (χ1) is 16.6. The predicted molar refractivity (Wildman–Crippen MR) is 140 cm³/mol. The van der Waals surface area contributed by atoms with Gasteiger partial charge in [0.2, 0.25) is 0 Å². The minimum Gasteiger partial charge on any atom is -0.282 e. The highest BCUT2D eigenvalue weighted by atomic mass is 35.5. The van der Waals surface area contributed by atoms with E-state index in [1.54, 1.807) is 17.0 Å². The van der Waals surface area contributed by atoms with Gasteiger partial charge < -0.3 is 0 Å². The highest BCUT2D eigenvalue weighted by Gasteiger charge is 2.33. The lowest BCUT2D eigenvalue weighted by Crippen LogP contribution is -2.28. The second-order valence-corrected chi connectivity index (χ2v) is 9.20. The normalized spacial score (nSPS) is 15.9. The van der Waals surface area contributed by atoms with Gasteiger partial charge in [0.05, 0.1) is 28.8 Å². The second kappa shape index (κ2) is 9.56. The van der Waals surface area contributed by atoms with Gasteiger partial charge in [0.15, 0.2) is 5.17 Å². The van der Waals surface area contributed by atoms with Gasteiger partial charge in [-0.15, -0.1) is 0 Å². The molecule has 4 aromatic rings. The summed E-state index contributed by atoms with van der Waals surface area (Å²) in [6, 6.07) is 30.8. The Bertz CT molecular complexity index is 1480. The topological polar surface area (TPSA) is 56.5 Å². The zero-order chi connectivity index (χ0) is 23.5. The Morgan fingerprint density at radius 3 is 2.44 bits per heavy atom. The number of thioether (sulfide) groups is 1. The highest BCUT2D eigenvalue weighted by molar-refractivity contribution is 8.18. The van der Waals surface area contributed by atoms with Gasteiger partial charge in [-0.2, -0.15) is 5.26 Å². The van der Waals surface area contributed by atoms with Gasteiger partial charge in [0, 0.05) is 10.4 Å². The Hall–Kier alpha value is -3.85. The van der Waals surface area contributed by atoms with Gasteiger partial charge in [0.25, 0.3) is 5.91 Å². The SMILES string of the molecule is N#Cc1ccc(C=C2SC(=Nc3cccc4ccccc34)N(Cc3ccc(Cl)cc3)C2=O)cc1. The molecule has 164 valence electrons. The van der Waals surface area contributed by atoms with Crippen molar-refractivity contribution in [2.45, 2.75) is 6.54 Å².